The van der Waals surface area contributed by atoms with Gasteiger partial charge >= 0.3 is 0 Å². The van der Waals surface area contributed by atoms with E-state index in [0.29, 0.717) is 16.9 Å². The number of rotatable bonds is 4. The fraction of sp³-hybridized carbons (Fsp3) is 0. The fourth-order valence-electron chi connectivity index (χ4n) is 1.72. The summed E-state index contributed by atoms with van der Waals surface area (Å²) in [4.78, 5) is -0.0840. The Kier molecular flexibility index (Phi) is 4.04. The van der Waals surface area contributed by atoms with E-state index in [1.807, 2.05) is 0 Å². The first-order chi connectivity index (χ1) is 9.32. The number of benzene rings is 2. The molecule has 0 fully saturated rings. The summed E-state index contributed by atoms with van der Waals surface area (Å²) in [6.45, 7) is 0. The van der Waals surface area contributed by atoms with Crippen LogP contribution in [-0.2, 0) is 19.5 Å². The van der Waals surface area contributed by atoms with Crippen LogP contribution in [-0.4, -0.2) is 23.3 Å². The molecule has 0 saturated carbocycles. The molecule has 20 heavy (non-hydrogen) atoms. The van der Waals surface area contributed by atoms with Crippen LogP contribution in [0.5, 0.6) is 5.75 Å². The number of phenolic OH excluding ortho intramolecular Hbond substituents is 1. The van der Waals surface area contributed by atoms with Crippen LogP contribution in [0.3, 0.4) is 0 Å². The van der Waals surface area contributed by atoms with Crippen molar-refractivity contribution in [1.29, 1.82) is 0 Å². The van der Waals surface area contributed by atoms with E-state index in [4.69, 9.17) is 15.5 Å². The van der Waals surface area contributed by atoms with Gasteiger partial charge in [-0.2, -0.15) is 8.42 Å². The average Bonchev–Trinajstić information content (AvgIpc) is 2.34. The second kappa shape index (κ2) is 5.44. The standard InChI is InChI=1S/C10H9NO7S2/c11-8-4-7(20(14,15)16)2-5-1-6(19-18-17-13)3-9(12)10(5)8/h1-4,12-13H,11H2,(H,14,15,16). The minimum absolute atomic E-state index is 0.0106. The van der Waals surface area contributed by atoms with Crippen LogP contribution >= 0.6 is 12.0 Å². The maximum atomic E-state index is 11.1. The zero-order valence-corrected chi connectivity index (χ0v) is 11.3. The van der Waals surface area contributed by atoms with Gasteiger partial charge in [0, 0.05) is 16.0 Å². The molecule has 5 N–H and O–H groups in total. The number of nitrogen functional groups attached to an aromatic ring is 1. The predicted octanol–water partition coefficient (Wildman–Crippen LogP) is 1.80. The van der Waals surface area contributed by atoms with E-state index in [0.717, 1.165) is 12.1 Å². The molecule has 0 aliphatic heterocycles. The summed E-state index contributed by atoms with van der Waals surface area (Å²) >= 11 is 0.584. The third kappa shape index (κ3) is 2.95. The minimum Gasteiger partial charge on any atom is -0.507 e. The summed E-state index contributed by atoms with van der Waals surface area (Å²) in [5.41, 5.74) is 5.66. The molecule has 0 atom stereocenters. The maximum Gasteiger partial charge on any atom is 0.294 e. The lowest BCUT2D eigenvalue weighted by Gasteiger charge is -2.09. The van der Waals surface area contributed by atoms with E-state index in [1.54, 1.807) is 0 Å². The molecule has 2 rings (SSSR count). The molecule has 0 radical (unpaired) electrons. The van der Waals surface area contributed by atoms with Crippen molar-refractivity contribution in [2.24, 2.45) is 0 Å². The largest absolute Gasteiger partial charge is 0.507 e. The molecule has 0 spiro atoms. The summed E-state index contributed by atoms with van der Waals surface area (Å²) in [6.07, 6.45) is 0. The van der Waals surface area contributed by atoms with Gasteiger partial charge < -0.3 is 10.8 Å². The number of fused-ring (bicyclic) bond motifs is 1. The summed E-state index contributed by atoms with van der Waals surface area (Å²) in [7, 11) is -4.42. The van der Waals surface area contributed by atoms with Crippen LogP contribution < -0.4 is 5.73 Å². The van der Waals surface area contributed by atoms with Crippen molar-refractivity contribution in [3.8, 4) is 5.75 Å². The first-order valence-electron chi connectivity index (χ1n) is 5.01. The Morgan fingerprint density at radius 1 is 1.20 bits per heavy atom. The van der Waals surface area contributed by atoms with E-state index < -0.39 is 15.0 Å². The highest BCUT2D eigenvalue weighted by atomic mass is 32.2. The predicted molar refractivity (Wildman–Crippen MR) is 70.5 cm³/mol. The van der Waals surface area contributed by atoms with Crippen LogP contribution in [0, 0.1) is 0 Å². The quantitative estimate of drug-likeness (QED) is 0.218. The van der Waals surface area contributed by atoms with Crippen LogP contribution in [0.4, 0.5) is 5.69 Å². The smallest absolute Gasteiger partial charge is 0.294 e. The topological polar surface area (TPSA) is 139 Å². The van der Waals surface area contributed by atoms with Gasteiger partial charge in [0.05, 0.1) is 16.9 Å². The normalized spacial score (nSPS) is 11.9. The van der Waals surface area contributed by atoms with Gasteiger partial charge in [0.25, 0.3) is 10.1 Å². The van der Waals surface area contributed by atoms with Crippen LogP contribution in [0.15, 0.2) is 34.1 Å². The number of hydrogen-bond acceptors (Lipinski definition) is 8. The first kappa shape index (κ1) is 14.8. The minimum atomic E-state index is -4.42. The molecule has 0 unspecified atom stereocenters. The van der Waals surface area contributed by atoms with Gasteiger partial charge in [-0.1, -0.05) is 5.04 Å². The van der Waals surface area contributed by atoms with Crippen molar-refractivity contribution in [3.05, 3.63) is 24.3 Å². The molecule has 0 saturated heterocycles. The van der Waals surface area contributed by atoms with Gasteiger partial charge in [0.15, 0.2) is 0 Å². The molecule has 0 amide bonds. The van der Waals surface area contributed by atoms with Crippen LogP contribution in [0.2, 0.25) is 0 Å². The zero-order valence-electron chi connectivity index (χ0n) is 9.68. The van der Waals surface area contributed by atoms with E-state index in [9.17, 15) is 13.5 Å². The molecule has 0 aliphatic rings. The average molecular weight is 319 g/mol. The van der Waals surface area contributed by atoms with Crippen molar-refractivity contribution >= 4 is 38.6 Å². The molecule has 2 aromatic rings. The highest BCUT2D eigenvalue weighted by molar-refractivity contribution is 7.94. The number of anilines is 1. The van der Waals surface area contributed by atoms with E-state index in [2.05, 4.69) is 9.37 Å². The Bertz CT molecular complexity index is 760. The lowest BCUT2D eigenvalue weighted by molar-refractivity contribution is -0.432. The Morgan fingerprint density at radius 3 is 2.50 bits per heavy atom. The van der Waals surface area contributed by atoms with Crippen LogP contribution in [0.1, 0.15) is 0 Å². The lowest BCUT2D eigenvalue weighted by atomic mass is 10.1. The molecule has 0 bridgehead atoms. The molecule has 0 heterocycles. The Labute approximate surface area is 117 Å². The van der Waals surface area contributed by atoms with E-state index in [1.165, 1.54) is 12.1 Å². The molecular formula is C10H9NO7S2. The highest BCUT2D eigenvalue weighted by Gasteiger charge is 2.15. The summed E-state index contributed by atoms with van der Waals surface area (Å²) in [6, 6.07) is 4.90. The summed E-state index contributed by atoms with van der Waals surface area (Å²) in [5.74, 6) is -0.217. The van der Waals surface area contributed by atoms with Gasteiger partial charge in [0.2, 0.25) is 0 Å². The number of nitrogens with two attached hydrogens (primary N) is 1. The Morgan fingerprint density at radius 2 is 1.90 bits per heavy atom. The van der Waals surface area contributed by atoms with Crippen molar-refractivity contribution in [1.82, 2.24) is 0 Å². The summed E-state index contributed by atoms with van der Waals surface area (Å²) in [5, 5.41) is 21.8. The van der Waals surface area contributed by atoms with Gasteiger partial charge in [-0.05, 0) is 29.7 Å². The molecule has 8 nitrogen and oxygen atoms in total. The number of aromatic hydroxyl groups is 1. The summed E-state index contributed by atoms with van der Waals surface area (Å²) < 4.78 is 35.5. The Balaban J connectivity index is 2.67. The fourth-order valence-corrected chi connectivity index (χ4v) is 2.72. The molecule has 2 aromatic carbocycles. The van der Waals surface area contributed by atoms with Gasteiger partial charge in [-0.3, -0.25) is 4.55 Å². The second-order valence-electron chi connectivity index (χ2n) is 3.75. The second-order valence-corrected chi connectivity index (χ2v) is 5.95. The van der Waals surface area contributed by atoms with Gasteiger partial charge in [-0.25, -0.2) is 5.26 Å². The maximum absolute atomic E-state index is 11.1. The third-order valence-corrected chi connectivity index (χ3v) is 3.85. The van der Waals surface area contributed by atoms with Crippen molar-refractivity contribution in [2.45, 2.75) is 9.79 Å². The molecule has 10 heteroatoms. The zero-order chi connectivity index (χ0) is 14.9. The lowest BCUT2D eigenvalue weighted by Crippen LogP contribution is -2.00. The molecule has 108 valence electrons. The van der Waals surface area contributed by atoms with Crippen molar-refractivity contribution in [2.75, 3.05) is 5.73 Å². The third-order valence-electron chi connectivity index (χ3n) is 2.46. The molecule has 0 aliphatic carbocycles. The monoisotopic (exact) mass is 319 g/mol. The first-order valence-corrected chi connectivity index (χ1v) is 7.19. The Hall–Kier alpha value is -1.56. The van der Waals surface area contributed by atoms with Crippen molar-refractivity contribution < 1.29 is 32.7 Å². The number of hydrogen-bond donors (Lipinski definition) is 4. The van der Waals surface area contributed by atoms with Gasteiger partial charge in [0.1, 0.15) is 5.75 Å². The molecule has 0 aromatic heterocycles. The SMILES string of the molecule is Nc1cc(S(=O)(=O)O)cc2cc(SOOO)cc(O)c12. The highest BCUT2D eigenvalue weighted by Crippen LogP contribution is 2.36. The number of phenols is 1. The molecular weight excluding hydrogens is 310 g/mol. The van der Waals surface area contributed by atoms with Gasteiger partial charge in [-0.15, -0.1) is 4.33 Å². The van der Waals surface area contributed by atoms with E-state index in [-0.39, 0.29) is 22.2 Å². The van der Waals surface area contributed by atoms with Crippen molar-refractivity contribution in [3.63, 3.8) is 0 Å². The van der Waals surface area contributed by atoms with Crippen LogP contribution in [0.25, 0.3) is 10.8 Å². The van der Waals surface area contributed by atoms with E-state index >= 15 is 0 Å².